The van der Waals surface area contributed by atoms with Crippen molar-refractivity contribution in [3.05, 3.63) is 29.3 Å². The minimum atomic E-state index is 0.132. The lowest BCUT2D eigenvalue weighted by Crippen LogP contribution is -2.38. The lowest BCUT2D eigenvalue weighted by molar-refractivity contribution is 0.177. The van der Waals surface area contributed by atoms with E-state index < -0.39 is 0 Å². The quantitative estimate of drug-likeness (QED) is 0.787. The van der Waals surface area contributed by atoms with E-state index in [4.69, 9.17) is 10.00 Å². The van der Waals surface area contributed by atoms with E-state index in [-0.39, 0.29) is 6.61 Å². The van der Waals surface area contributed by atoms with Gasteiger partial charge in [0.15, 0.2) is 0 Å². The van der Waals surface area contributed by atoms with Crippen LogP contribution >= 0.6 is 0 Å². The lowest BCUT2D eigenvalue weighted by Gasteiger charge is -2.25. The molecule has 1 aliphatic rings. The average Bonchev–Trinajstić information content (AvgIpc) is 3.00. The average molecular weight is 289 g/mol. The summed E-state index contributed by atoms with van der Waals surface area (Å²) in [5.41, 5.74) is 1.62. The third kappa shape index (κ3) is 4.43. The van der Waals surface area contributed by atoms with Crippen molar-refractivity contribution in [1.82, 2.24) is 10.2 Å². The highest BCUT2D eigenvalue weighted by Gasteiger charge is 2.19. The molecule has 1 aromatic rings. The molecular formula is C16H23N3O2. The summed E-state index contributed by atoms with van der Waals surface area (Å²) in [7, 11) is 1.64. The maximum Gasteiger partial charge on any atom is 0.123 e. The fourth-order valence-corrected chi connectivity index (χ4v) is 2.81. The number of benzene rings is 1. The van der Waals surface area contributed by atoms with Crippen LogP contribution in [0.4, 0.5) is 0 Å². The highest BCUT2D eigenvalue weighted by atomic mass is 16.5. The first-order valence-corrected chi connectivity index (χ1v) is 7.40. The SMILES string of the molecule is COc1ccc(C#N)cc1CN(CCO)CC1CCCN1. The molecule has 0 aliphatic carbocycles. The van der Waals surface area contributed by atoms with Gasteiger partial charge in [-0.05, 0) is 37.6 Å². The van der Waals surface area contributed by atoms with Crippen LogP contribution in [0.15, 0.2) is 18.2 Å². The summed E-state index contributed by atoms with van der Waals surface area (Å²) >= 11 is 0. The Bertz CT molecular complexity index is 493. The molecule has 2 N–H and O–H groups in total. The van der Waals surface area contributed by atoms with E-state index >= 15 is 0 Å². The highest BCUT2D eigenvalue weighted by Crippen LogP contribution is 2.22. The Morgan fingerprint density at radius 1 is 1.52 bits per heavy atom. The topological polar surface area (TPSA) is 68.5 Å². The first-order valence-electron chi connectivity index (χ1n) is 7.40. The number of hydrogen-bond acceptors (Lipinski definition) is 5. The predicted molar refractivity (Wildman–Crippen MR) is 81.1 cm³/mol. The largest absolute Gasteiger partial charge is 0.496 e. The monoisotopic (exact) mass is 289 g/mol. The minimum Gasteiger partial charge on any atom is -0.496 e. The molecule has 0 saturated carbocycles. The fourth-order valence-electron chi connectivity index (χ4n) is 2.81. The van der Waals surface area contributed by atoms with Crippen molar-refractivity contribution in [2.24, 2.45) is 0 Å². The van der Waals surface area contributed by atoms with E-state index in [9.17, 15) is 5.11 Å². The summed E-state index contributed by atoms with van der Waals surface area (Å²) in [6.07, 6.45) is 2.39. The minimum absolute atomic E-state index is 0.132. The number of hydrogen-bond donors (Lipinski definition) is 2. The second-order valence-corrected chi connectivity index (χ2v) is 5.39. The number of methoxy groups -OCH3 is 1. The molecule has 0 aromatic heterocycles. The molecule has 1 unspecified atom stereocenters. The number of nitriles is 1. The van der Waals surface area contributed by atoms with Crippen molar-refractivity contribution in [1.29, 1.82) is 5.26 Å². The van der Waals surface area contributed by atoms with Crippen LogP contribution in [0.1, 0.15) is 24.0 Å². The van der Waals surface area contributed by atoms with Crippen LogP contribution in [0.5, 0.6) is 5.75 Å². The molecule has 0 amide bonds. The lowest BCUT2D eigenvalue weighted by atomic mass is 10.1. The molecular weight excluding hydrogens is 266 g/mol. The molecule has 5 heteroatoms. The zero-order valence-electron chi connectivity index (χ0n) is 12.5. The first kappa shape index (κ1) is 15.8. The zero-order valence-corrected chi connectivity index (χ0v) is 12.5. The summed E-state index contributed by atoms with van der Waals surface area (Å²) in [4.78, 5) is 2.21. The van der Waals surface area contributed by atoms with Gasteiger partial charge in [-0.15, -0.1) is 0 Å². The van der Waals surface area contributed by atoms with E-state index in [1.54, 1.807) is 13.2 Å². The van der Waals surface area contributed by atoms with E-state index in [1.807, 2.05) is 12.1 Å². The van der Waals surface area contributed by atoms with Crippen molar-refractivity contribution in [2.45, 2.75) is 25.4 Å². The fraction of sp³-hybridized carbons (Fsp3) is 0.562. The van der Waals surface area contributed by atoms with Gasteiger partial charge >= 0.3 is 0 Å². The van der Waals surface area contributed by atoms with Gasteiger partial charge in [-0.3, -0.25) is 4.90 Å². The van der Waals surface area contributed by atoms with E-state index in [2.05, 4.69) is 16.3 Å². The van der Waals surface area contributed by atoms with Gasteiger partial charge in [0, 0.05) is 31.2 Å². The van der Waals surface area contributed by atoms with Crippen LogP contribution in [0.25, 0.3) is 0 Å². The van der Waals surface area contributed by atoms with Crippen LogP contribution < -0.4 is 10.1 Å². The normalized spacial score (nSPS) is 17.9. The van der Waals surface area contributed by atoms with Gasteiger partial charge < -0.3 is 15.2 Å². The Balaban J connectivity index is 2.09. The van der Waals surface area contributed by atoms with Crippen molar-refractivity contribution in [3.63, 3.8) is 0 Å². The maximum absolute atomic E-state index is 9.27. The summed E-state index contributed by atoms with van der Waals surface area (Å²) < 4.78 is 5.38. The number of aliphatic hydroxyl groups excluding tert-OH is 1. The predicted octanol–water partition coefficient (Wildman–Crippen LogP) is 1.11. The smallest absolute Gasteiger partial charge is 0.123 e. The highest BCUT2D eigenvalue weighted by molar-refractivity contribution is 5.42. The number of nitrogens with one attached hydrogen (secondary N) is 1. The molecule has 1 fully saturated rings. The van der Waals surface area contributed by atoms with Crippen molar-refractivity contribution < 1.29 is 9.84 Å². The molecule has 0 bridgehead atoms. The van der Waals surface area contributed by atoms with Crippen molar-refractivity contribution >= 4 is 0 Å². The van der Waals surface area contributed by atoms with Gasteiger partial charge in [-0.25, -0.2) is 0 Å². The molecule has 1 aliphatic heterocycles. The molecule has 0 radical (unpaired) electrons. The summed E-state index contributed by atoms with van der Waals surface area (Å²) in [6.45, 7) is 3.41. The number of ether oxygens (including phenoxy) is 1. The Hall–Kier alpha value is -1.61. The first-order chi connectivity index (χ1) is 10.3. The maximum atomic E-state index is 9.27. The molecule has 5 nitrogen and oxygen atoms in total. The van der Waals surface area contributed by atoms with Gasteiger partial charge in [0.2, 0.25) is 0 Å². The molecule has 1 atom stereocenters. The third-order valence-electron chi connectivity index (χ3n) is 3.86. The Morgan fingerprint density at radius 3 is 3.00 bits per heavy atom. The number of nitrogens with zero attached hydrogens (tertiary/aromatic N) is 2. The number of rotatable bonds is 7. The van der Waals surface area contributed by atoms with Crippen LogP contribution in [0.2, 0.25) is 0 Å². The Labute approximate surface area is 126 Å². The second kappa shape index (κ2) is 7.99. The van der Waals surface area contributed by atoms with Crippen LogP contribution in [-0.4, -0.2) is 49.4 Å². The van der Waals surface area contributed by atoms with E-state index in [1.165, 1.54) is 12.8 Å². The van der Waals surface area contributed by atoms with Gasteiger partial charge in [0.1, 0.15) is 5.75 Å². The van der Waals surface area contributed by atoms with Gasteiger partial charge in [-0.1, -0.05) is 0 Å². The molecule has 114 valence electrons. The Kier molecular flexibility index (Phi) is 6.00. The molecule has 1 aromatic carbocycles. The zero-order chi connectivity index (χ0) is 15.1. The summed E-state index contributed by atoms with van der Waals surface area (Å²) in [6, 6.07) is 8.11. The van der Waals surface area contributed by atoms with Crippen molar-refractivity contribution in [2.75, 3.05) is 33.4 Å². The molecule has 1 heterocycles. The number of aliphatic hydroxyl groups is 1. The van der Waals surface area contributed by atoms with Crippen molar-refractivity contribution in [3.8, 4) is 11.8 Å². The molecule has 1 saturated heterocycles. The van der Waals surface area contributed by atoms with Gasteiger partial charge in [-0.2, -0.15) is 5.26 Å². The van der Waals surface area contributed by atoms with E-state index in [0.29, 0.717) is 24.7 Å². The van der Waals surface area contributed by atoms with Gasteiger partial charge in [0.05, 0.1) is 25.3 Å². The molecule has 21 heavy (non-hydrogen) atoms. The third-order valence-corrected chi connectivity index (χ3v) is 3.86. The Morgan fingerprint density at radius 2 is 2.38 bits per heavy atom. The van der Waals surface area contributed by atoms with E-state index in [0.717, 1.165) is 24.4 Å². The van der Waals surface area contributed by atoms with Crippen LogP contribution in [0, 0.1) is 11.3 Å². The second-order valence-electron chi connectivity index (χ2n) is 5.39. The summed E-state index contributed by atoms with van der Waals surface area (Å²) in [5.74, 6) is 0.788. The van der Waals surface area contributed by atoms with Crippen LogP contribution in [-0.2, 0) is 6.54 Å². The summed E-state index contributed by atoms with van der Waals surface area (Å²) in [5, 5.41) is 21.8. The molecule has 0 spiro atoms. The standard InChI is InChI=1S/C16H23N3O2/c1-21-16-5-4-13(10-17)9-14(16)11-19(7-8-20)12-15-3-2-6-18-15/h4-5,9,15,18,20H,2-3,6-8,11-12H2,1H3. The molecule has 2 rings (SSSR count). The van der Waals surface area contributed by atoms with Crippen LogP contribution in [0.3, 0.4) is 0 Å². The van der Waals surface area contributed by atoms with Gasteiger partial charge in [0.25, 0.3) is 0 Å².